The van der Waals surface area contributed by atoms with Crippen molar-refractivity contribution in [2.45, 2.75) is 0 Å². The maximum Gasteiger partial charge on any atom is 3.00 e. The van der Waals surface area contributed by atoms with Crippen LogP contribution in [0.2, 0.25) is 0 Å². The van der Waals surface area contributed by atoms with Crippen molar-refractivity contribution in [1.29, 1.82) is 0 Å². The van der Waals surface area contributed by atoms with E-state index in [2.05, 4.69) is 13.6 Å². The van der Waals surface area contributed by atoms with E-state index < -0.39 is 0 Å². The molecule has 0 aliphatic heterocycles. The van der Waals surface area contributed by atoms with Crippen molar-refractivity contribution in [3.8, 4) is 0 Å². The average Bonchev–Trinajstić information content (AvgIpc) is 1.81. The largest absolute Gasteiger partial charge is 3.00 e. The first kappa shape index (κ1) is 43.7. The van der Waals surface area contributed by atoms with Gasteiger partial charge in [0.25, 0.3) is 0 Å². The summed E-state index contributed by atoms with van der Waals surface area (Å²) >= 11 is 0. The summed E-state index contributed by atoms with van der Waals surface area (Å²) in [5, 5.41) is 7.00. The molecule has 0 aliphatic rings. The third-order valence-corrected chi connectivity index (χ3v) is 0. The van der Waals surface area contributed by atoms with Gasteiger partial charge in [-0.25, -0.2) is 0 Å². The number of hydrogen-bond acceptors (Lipinski definition) is 3. The van der Waals surface area contributed by atoms with Crippen LogP contribution in [-0.2, 0) is 30.7 Å². The molecule has 0 saturated heterocycles. The Morgan fingerprint density at radius 3 is 1.00 bits per heavy atom. The summed E-state index contributed by atoms with van der Waals surface area (Å²) in [6.45, 7) is 6.50. The van der Waals surface area contributed by atoms with Crippen LogP contribution in [0.4, 0.5) is 0 Å². The Morgan fingerprint density at radius 1 is 1.00 bits per heavy atom. The van der Waals surface area contributed by atoms with Crippen LogP contribution in [0.5, 0.6) is 0 Å². The van der Waals surface area contributed by atoms with Crippen molar-refractivity contribution in [2.75, 3.05) is 7.11 Å². The number of aliphatic hydroxyl groups excluding tert-OH is 1. The molecular formula is C4H9MoO3. The SMILES string of the molecule is CO.[CH-]=O.[CH-]=O.[CH3-].[Mo+3]. The molecule has 0 aromatic rings. The topological polar surface area (TPSA) is 54.4 Å². The molecule has 8 heavy (non-hydrogen) atoms. The predicted molar refractivity (Wildman–Crippen MR) is 28.1 cm³/mol. The molecule has 3 nitrogen and oxygen atoms in total. The van der Waals surface area contributed by atoms with Crippen LogP contribution in [0.1, 0.15) is 0 Å². The van der Waals surface area contributed by atoms with Crippen LogP contribution in [0.3, 0.4) is 0 Å². The van der Waals surface area contributed by atoms with Gasteiger partial charge in [0.15, 0.2) is 0 Å². The number of rotatable bonds is 0. The molecule has 49 valence electrons. The minimum atomic E-state index is 0. The van der Waals surface area contributed by atoms with E-state index in [4.69, 9.17) is 14.7 Å². The van der Waals surface area contributed by atoms with Gasteiger partial charge in [0, 0.05) is 7.11 Å². The Kier molecular flexibility index (Phi) is 10000000. The first-order chi connectivity index (χ1) is 3.00. The van der Waals surface area contributed by atoms with Gasteiger partial charge in [-0.1, -0.05) is 0 Å². The molecule has 0 heterocycles. The Morgan fingerprint density at radius 2 is 1.00 bits per heavy atom. The maximum absolute atomic E-state index is 7.75. The minimum Gasteiger partial charge on any atom is -0.545 e. The van der Waals surface area contributed by atoms with Gasteiger partial charge in [-0.3, -0.25) is 13.6 Å². The van der Waals surface area contributed by atoms with Crippen molar-refractivity contribution >= 4 is 13.6 Å². The average molecular weight is 201 g/mol. The number of carbonyl (C=O) groups excluding carboxylic acids is 2. The molecule has 0 aromatic carbocycles. The molecule has 1 radical (unpaired) electrons. The van der Waals surface area contributed by atoms with Gasteiger partial charge in [0.2, 0.25) is 0 Å². The zero-order valence-electron chi connectivity index (χ0n) is 4.83. The first-order valence-corrected chi connectivity index (χ1v) is 0.919. The molecule has 0 fully saturated rings. The van der Waals surface area contributed by atoms with Gasteiger partial charge in [-0.05, 0) is 0 Å². The van der Waals surface area contributed by atoms with Crippen molar-refractivity contribution < 1.29 is 35.8 Å². The van der Waals surface area contributed by atoms with Crippen LogP contribution < -0.4 is 0 Å². The monoisotopic (exact) mass is 203 g/mol. The normalized spacial score (nSPS) is 1.75. The van der Waals surface area contributed by atoms with Crippen molar-refractivity contribution in [3.63, 3.8) is 0 Å². The molecule has 1 N–H and O–H groups in total. The summed E-state index contributed by atoms with van der Waals surface area (Å²) < 4.78 is 0. The standard InChI is InChI=1S/CH4O.2CHO.CH3.Mo/c3*1-2;;/h2H,1H3;2*1H;1H3;/q;3*-1;+3. The van der Waals surface area contributed by atoms with Crippen molar-refractivity contribution in [2.24, 2.45) is 0 Å². The van der Waals surface area contributed by atoms with E-state index in [0.29, 0.717) is 0 Å². The summed E-state index contributed by atoms with van der Waals surface area (Å²) in [6, 6.07) is 0. The fourth-order valence-corrected chi connectivity index (χ4v) is 0. The minimum absolute atomic E-state index is 0. The molecule has 0 aliphatic carbocycles. The van der Waals surface area contributed by atoms with Crippen LogP contribution in [0, 0.1) is 7.43 Å². The Labute approximate surface area is 64.4 Å². The van der Waals surface area contributed by atoms with E-state index in [1.165, 1.54) is 0 Å². The maximum atomic E-state index is 7.75. The molecule has 0 spiro atoms. The van der Waals surface area contributed by atoms with Gasteiger partial charge < -0.3 is 22.1 Å². The van der Waals surface area contributed by atoms with Crippen molar-refractivity contribution in [3.05, 3.63) is 7.43 Å². The summed E-state index contributed by atoms with van der Waals surface area (Å²) in [4.78, 5) is 15.5. The Bertz CT molecular complexity index is 13.2. The van der Waals surface area contributed by atoms with Crippen LogP contribution in [0.15, 0.2) is 0 Å². The predicted octanol–water partition coefficient (Wildman–Crippen LogP) is -0.492. The molecule has 0 bridgehead atoms. The van der Waals surface area contributed by atoms with Crippen LogP contribution in [-0.4, -0.2) is 25.8 Å². The first-order valence-electron chi connectivity index (χ1n) is 0.919. The summed E-state index contributed by atoms with van der Waals surface area (Å²) in [5.74, 6) is 0. The Hall–Kier alpha value is -0.0117. The molecule has 0 aromatic heterocycles. The molecule has 0 unspecified atom stereocenters. The zero-order chi connectivity index (χ0) is 6.00. The quantitative estimate of drug-likeness (QED) is 0.327. The molecular weight excluding hydrogens is 192 g/mol. The second-order valence-corrected chi connectivity index (χ2v) is 0. The molecule has 0 saturated carbocycles. The number of aliphatic hydroxyl groups is 1. The van der Waals surface area contributed by atoms with E-state index in [0.717, 1.165) is 7.11 Å². The fourth-order valence-electron chi connectivity index (χ4n) is 0. The molecule has 0 amide bonds. The summed E-state index contributed by atoms with van der Waals surface area (Å²) in [5.41, 5.74) is 0. The second-order valence-electron chi connectivity index (χ2n) is 0. The van der Waals surface area contributed by atoms with Gasteiger partial charge in [-0.2, -0.15) is 0 Å². The second kappa shape index (κ2) is 1830000. The van der Waals surface area contributed by atoms with E-state index in [-0.39, 0.29) is 28.5 Å². The van der Waals surface area contributed by atoms with E-state index >= 15 is 0 Å². The molecule has 4 heteroatoms. The third kappa shape index (κ3) is 1090000. The van der Waals surface area contributed by atoms with Crippen LogP contribution in [0.25, 0.3) is 0 Å². The van der Waals surface area contributed by atoms with Gasteiger partial charge >= 0.3 is 21.1 Å². The van der Waals surface area contributed by atoms with Gasteiger partial charge in [0.05, 0.1) is 0 Å². The molecule has 0 atom stereocenters. The summed E-state index contributed by atoms with van der Waals surface area (Å²) in [7, 11) is 1.00. The van der Waals surface area contributed by atoms with E-state index in [1.54, 1.807) is 0 Å². The zero-order valence-corrected chi connectivity index (χ0v) is 6.83. The molecule has 0 rings (SSSR count). The fraction of sp³-hybridized carbons (Fsp3) is 0.250. The van der Waals surface area contributed by atoms with Gasteiger partial charge in [-0.15, -0.1) is 0 Å². The Balaban J connectivity index is -0.00000000500. The van der Waals surface area contributed by atoms with Crippen molar-refractivity contribution in [1.82, 2.24) is 0 Å². The number of hydrogen-bond donors (Lipinski definition) is 1. The van der Waals surface area contributed by atoms with Gasteiger partial charge in [0.1, 0.15) is 0 Å². The van der Waals surface area contributed by atoms with E-state index in [1.807, 2.05) is 0 Å². The summed E-state index contributed by atoms with van der Waals surface area (Å²) in [6.07, 6.45) is 0. The van der Waals surface area contributed by atoms with Crippen LogP contribution >= 0.6 is 0 Å². The van der Waals surface area contributed by atoms with E-state index in [9.17, 15) is 0 Å². The smallest absolute Gasteiger partial charge is 0.545 e. The third-order valence-electron chi connectivity index (χ3n) is 0.